The van der Waals surface area contributed by atoms with Crippen LogP contribution in [0.1, 0.15) is 17.3 Å². The summed E-state index contributed by atoms with van der Waals surface area (Å²) in [5.41, 5.74) is 0.756. The van der Waals surface area contributed by atoms with Crippen LogP contribution < -0.4 is 14.8 Å². The Bertz CT molecular complexity index is 908. The molecule has 0 bridgehead atoms. The molecule has 0 saturated heterocycles. The summed E-state index contributed by atoms with van der Waals surface area (Å²) in [6, 6.07) is 10.8. The van der Waals surface area contributed by atoms with Crippen LogP contribution in [0.25, 0.3) is 0 Å². The van der Waals surface area contributed by atoms with Crippen molar-refractivity contribution in [2.24, 2.45) is 0 Å². The van der Waals surface area contributed by atoms with Crippen LogP contribution in [0.3, 0.4) is 0 Å². The van der Waals surface area contributed by atoms with Crippen molar-refractivity contribution in [1.29, 1.82) is 0 Å². The highest BCUT2D eigenvalue weighted by Crippen LogP contribution is 2.16. The van der Waals surface area contributed by atoms with Crippen LogP contribution in [0, 0.1) is 0 Å². The summed E-state index contributed by atoms with van der Waals surface area (Å²) in [5.74, 6) is -0.512. The van der Waals surface area contributed by atoms with Crippen LogP contribution in [0.4, 0.5) is 5.69 Å². The number of ether oxygens (including phenoxy) is 2. The molecule has 0 aliphatic carbocycles. The lowest BCUT2D eigenvalue weighted by molar-refractivity contribution is -0.117. The van der Waals surface area contributed by atoms with Crippen molar-refractivity contribution in [1.82, 2.24) is 4.72 Å². The quantitative estimate of drug-likeness (QED) is 0.695. The summed E-state index contributed by atoms with van der Waals surface area (Å²) in [7, 11) is -1.12. The average molecular weight is 392 g/mol. The second-order valence-corrected chi connectivity index (χ2v) is 7.29. The zero-order valence-corrected chi connectivity index (χ0v) is 15.9. The van der Waals surface area contributed by atoms with Crippen molar-refractivity contribution < 1.29 is 27.5 Å². The van der Waals surface area contributed by atoms with Gasteiger partial charge in [-0.1, -0.05) is 0 Å². The van der Waals surface area contributed by atoms with Gasteiger partial charge in [0.25, 0.3) is 0 Å². The molecule has 9 heteroatoms. The number of hydrogen-bond donors (Lipinski definition) is 2. The van der Waals surface area contributed by atoms with Crippen molar-refractivity contribution in [3.8, 4) is 5.75 Å². The molecule has 0 saturated carbocycles. The molecular weight excluding hydrogens is 372 g/mol. The number of nitrogens with one attached hydrogen (secondary N) is 2. The standard InChI is InChI=1S/C18H20N2O6S/c1-12(20-27(23,24)16-10-8-15(25-2)9-11-16)17(21)19-14-6-4-13(5-7-14)18(22)26-3/h4-12,20H,1-3H3,(H,19,21)/t12-/m1/s1. The Labute approximate surface area is 157 Å². The summed E-state index contributed by atoms with van der Waals surface area (Å²) in [6.07, 6.45) is 0. The molecule has 8 nitrogen and oxygen atoms in total. The van der Waals surface area contributed by atoms with Crippen molar-refractivity contribution in [2.75, 3.05) is 19.5 Å². The largest absolute Gasteiger partial charge is 0.497 e. The van der Waals surface area contributed by atoms with Gasteiger partial charge in [0.2, 0.25) is 15.9 Å². The van der Waals surface area contributed by atoms with E-state index in [2.05, 4.69) is 14.8 Å². The smallest absolute Gasteiger partial charge is 0.337 e. The summed E-state index contributed by atoms with van der Waals surface area (Å²) in [4.78, 5) is 23.7. The molecule has 2 aromatic carbocycles. The summed E-state index contributed by atoms with van der Waals surface area (Å²) in [6.45, 7) is 1.43. The van der Waals surface area contributed by atoms with Gasteiger partial charge in [0.05, 0.1) is 30.7 Å². The first-order chi connectivity index (χ1) is 12.8. The van der Waals surface area contributed by atoms with Crippen LogP contribution in [0.15, 0.2) is 53.4 Å². The Hall–Kier alpha value is -2.91. The zero-order chi connectivity index (χ0) is 20.0. The van der Waals surface area contributed by atoms with E-state index in [1.54, 1.807) is 0 Å². The Morgan fingerprint density at radius 2 is 1.56 bits per heavy atom. The Kier molecular flexibility index (Phi) is 6.54. The maximum Gasteiger partial charge on any atom is 0.337 e. The van der Waals surface area contributed by atoms with Gasteiger partial charge in [0, 0.05) is 5.69 Å². The summed E-state index contributed by atoms with van der Waals surface area (Å²) >= 11 is 0. The number of anilines is 1. The minimum Gasteiger partial charge on any atom is -0.497 e. The molecule has 2 rings (SSSR count). The minimum absolute atomic E-state index is 0.0189. The molecule has 0 fully saturated rings. The molecule has 0 spiro atoms. The Morgan fingerprint density at radius 3 is 2.07 bits per heavy atom. The van der Waals surface area contributed by atoms with E-state index >= 15 is 0 Å². The van der Waals surface area contributed by atoms with Crippen molar-refractivity contribution in [3.63, 3.8) is 0 Å². The molecule has 1 atom stereocenters. The Morgan fingerprint density at radius 1 is 0.963 bits per heavy atom. The fourth-order valence-corrected chi connectivity index (χ4v) is 3.37. The van der Waals surface area contributed by atoms with E-state index in [4.69, 9.17) is 4.74 Å². The maximum absolute atomic E-state index is 12.4. The highest BCUT2D eigenvalue weighted by atomic mass is 32.2. The fraction of sp³-hybridized carbons (Fsp3) is 0.222. The molecule has 1 amide bonds. The number of benzene rings is 2. The summed E-state index contributed by atoms with van der Waals surface area (Å²) < 4.78 is 36.6. The third kappa shape index (κ3) is 5.28. The number of methoxy groups -OCH3 is 2. The average Bonchev–Trinajstić information content (AvgIpc) is 2.67. The van der Waals surface area contributed by atoms with E-state index in [0.717, 1.165) is 0 Å². The molecule has 0 heterocycles. The number of carbonyl (C=O) groups is 2. The van der Waals surface area contributed by atoms with Crippen LogP contribution in [0.2, 0.25) is 0 Å². The molecule has 0 radical (unpaired) electrons. The van der Waals surface area contributed by atoms with Gasteiger partial charge in [-0.3, -0.25) is 4.79 Å². The Balaban J connectivity index is 2.02. The summed E-state index contributed by atoms with van der Waals surface area (Å²) in [5, 5.41) is 2.58. The van der Waals surface area contributed by atoms with Crippen LogP contribution >= 0.6 is 0 Å². The molecule has 0 aliphatic rings. The first-order valence-electron chi connectivity index (χ1n) is 7.92. The van der Waals surface area contributed by atoms with E-state index in [9.17, 15) is 18.0 Å². The van der Waals surface area contributed by atoms with Gasteiger partial charge in [0.1, 0.15) is 5.75 Å². The predicted molar refractivity (Wildman–Crippen MR) is 99.2 cm³/mol. The van der Waals surface area contributed by atoms with Gasteiger partial charge in [-0.15, -0.1) is 0 Å². The topological polar surface area (TPSA) is 111 Å². The van der Waals surface area contributed by atoms with E-state index < -0.39 is 27.9 Å². The molecular formula is C18H20N2O6S. The number of carbonyl (C=O) groups excluding carboxylic acids is 2. The molecule has 0 aliphatic heterocycles. The fourth-order valence-electron chi connectivity index (χ4n) is 2.17. The van der Waals surface area contributed by atoms with E-state index in [-0.39, 0.29) is 4.90 Å². The van der Waals surface area contributed by atoms with Gasteiger partial charge < -0.3 is 14.8 Å². The van der Waals surface area contributed by atoms with E-state index in [1.807, 2.05) is 0 Å². The van der Waals surface area contributed by atoms with Crippen LogP contribution in [-0.4, -0.2) is 40.6 Å². The molecule has 0 aromatic heterocycles. The highest BCUT2D eigenvalue weighted by molar-refractivity contribution is 7.89. The normalized spacial score (nSPS) is 12.1. The van der Waals surface area contributed by atoms with Crippen LogP contribution in [0.5, 0.6) is 5.75 Å². The SMILES string of the molecule is COC(=O)c1ccc(NC(=O)[C@@H](C)NS(=O)(=O)c2ccc(OC)cc2)cc1. The number of amides is 1. The first-order valence-corrected chi connectivity index (χ1v) is 9.41. The van der Waals surface area contributed by atoms with E-state index in [0.29, 0.717) is 17.0 Å². The third-order valence-corrected chi connectivity index (χ3v) is 5.23. The second-order valence-electron chi connectivity index (χ2n) is 5.58. The first kappa shape index (κ1) is 20.4. The van der Waals surface area contributed by atoms with Gasteiger partial charge in [-0.2, -0.15) is 4.72 Å². The van der Waals surface area contributed by atoms with E-state index in [1.165, 1.54) is 69.7 Å². The highest BCUT2D eigenvalue weighted by Gasteiger charge is 2.22. The van der Waals surface area contributed by atoms with Crippen molar-refractivity contribution in [2.45, 2.75) is 17.9 Å². The van der Waals surface area contributed by atoms with Gasteiger partial charge >= 0.3 is 5.97 Å². The number of esters is 1. The number of sulfonamides is 1. The van der Waals surface area contributed by atoms with Gasteiger partial charge in [-0.05, 0) is 55.5 Å². The zero-order valence-electron chi connectivity index (χ0n) is 15.1. The lowest BCUT2D eigenvalue weighted by Gasteiger charge is -2.15. The van der Waals surface area contributed by atoms with Crippen molar-refractivity contribution >= 4 is 27.6 Å². The minimum atomic E-state index is -3.87. The lowest BCUT2D eigenvalue weighted by atomic mass is 10.2. The molecule has 2 N–H and O–H groups in total. The molecule has 0 unspecified atom stereocenters. The maximum atomic E-state index is 12.4. The van der Waals surface area contributed by atoms with Gasteiger partial charge in [0.15, 0.2) is 0 Å². The monoisotopic (exact) mass is 392 g/mol. The second kappa shape index (κ2) is 8.65. The van der Waals surface area contributed by atoms with Gasteiger partial charge in [-0.25, -0.2) is 13.2 Å². The number of hydrogen-bond acceptors (Lipinski definition) is 6. The molecule has 2 aromatic rings. The third-order valence-electron chi connectivity index (χ3n) is 3.67. The van der Waals surface area contributed by atoms with Crippen molar-refractivity contribution in [3.05, 3.63) is 54.1 Å². The predicted octanol–water partition coefficient (Wildman–Crippen LogP) is 1.79. The number of rotatable bonds is 7. The molecule has 144 valence electrons. The van der Waals surface area contributed by atoms with Crippen LogP contribution in [-0.2, 0) is 19.6 Å². The lowest BCUT2D eigenvalue weighted by Crippen LogP contribution is -2.41. The molecule has 27 heavy (non-hydrogen) atoms.